The lowest BCUT2D eigenvalue weighted by Crippen LogP contribution is -2.52. The van der Waals surface area contributed by atoms with Crippen molar-refractivity contribution in [3.8, 4) is 0 Å². The topological polar surface area (TPSA) is 55.1 Å². The lowest BCUT2D eigenvalue weighted by atomic mass is 9.85. The number of hydrogen-bond acceptors (Lipinski definition) is 2. The van der Waals surface area contributed by atoms with E-state index in [0.717, 1.165) is 37.5 Å². The van der Waals surface area contributed by atoms with E-state index in [0.29, 0.717) is 6.04 Å². The van der Waals surface area contributed by atoms with E-state index in [1.54, 1.807) is 0 Å². The minimum Gasteiger partial charge on any atom is -0.351 e. The Balaban J connectivity index is 0.00000133. The number of nitrogens with two attached hydrogens (primary N) is 1. The molecule has 0 aliphatic heterocycles. The highest BCUT2D eigenvalue weighted by Gasteiger charge is 2.46. The Labute approximate surface area is 122 Å². The van der Waals surface area contributed by atoms with E-state index in [4.69, 9.17) is 5.73 Å². The van der Waals surface area contributed by atoms with Gasteiger partial charge < -0.3 is 11.1 Å². The van der Waals surface area contributed by atoms with E-state index in [1.165, 1.54) is 38.5 Å². The van der Waals surface area contributed by atoms with Gasteiger partial charge in [-0.1, -0.05) is 44.9 Å². The minimum atomic E-state index is -0.542. The second-order valence-electron chi connectivity index (χ2n) is 6.74. The summed E-state index contributed by atoms with van der Waals surface area (Å²) in [7, 11) is 0. The van der Waals surface area contributed by atoms with Gasteiger partial charge in [0, 0.05) is 6.04 Å². The van der Waals surface area contributed by atoms with E-state index in [-0.39, 0.29) is 18.3 Å². The zero-order valence-corrected chi connectivity index (χ0v) is 12.5. The first-order valence-corrected chi connectivity index (χ1v) is 7.79. The van der Waals surface area contributed by atoms with Gasteiger partial charge in [-0.25, -0.2) is 0 Å². The Morgan fingerprint density at radius 2 is 1.68 bits per heavy atom. The van der Waals surface area contributed by atoms with Gasteiger partial charge in [-0.3, -0.25) is 4.79 Å². The molecule has 3 nitrogen and oxygen atoms in total. The molecule has 2 atom stereocenters. The van der Waals surface area contributed by atoms with Crippen molar-refractivity contribution in [3.05, 3.63) is 0 Å². The summed E-state index contributed by atoms with van der Waals surface area (Å²) < 4.78 is 0. The summed E-state index contributed by atoms with van der Waals surface area (Å²) in [6, 6.07) is 0.446. The van der Waals surface area contributed by atoms with Crippen molar-refractivity contribution in [1.29, 1.82) is 0 Å². The van der Waals surface area contributed by atoms with Crippen LogP contribution in [0.3, 0.4) is 0 Å². The van der Waals surface area contributed by atoms with Crippen molar-refractivity contribution < 1.29 is 4.79 Å². The van der Waals surface area contributed by atoms with E-state index in [1.807, 2.05) is 0 Å². The summed E-state index contributed by atoms with van der Waals surface area (Å²) in [5.74, 6) is 1.77. The predicted molar refractivity (Wildman–Crippen MR) is 79.2 cm³/mol. The molecule has 0 spiro atoms. The van der Waals surface area contributed by atoms with Crippen molar-refractivity contribution in [1.82, 2.24) is 5.32 Å². The van der Waals surface area contributed by atoms with Gasteiger partial charge in [0.15, 0.2) is 0 Å². The molecule has 19 heavy (non-hydrogen) atoms. The first-order chi connectivity index (χ1) is 8.69. The highest BCUT2D eigenvalue weighted by atomic mass is 35.5. The Kier molecular flexibility index (Phi) is 4.78. The number of nitrogens with one attached hydrogen (secondary N) is 1. The van der Waals surface area contributed by atoms with E-state index >= 15 is 0 Å². The smallest absolute Gasteiger partial charge is 0.240 e. The third-order valence-electron chi connectivity index (χ3n) is 5.36. The monoisotopic (exact) mass is 286 g/mol. The fourth-order valence-corrected chi connectivity index (χ4v) is 4.01. The van der Waals surface area contributed by atoms with Crippen LogP contribution in [0.4, 0.5) is 0 Å². The maximum absolute atomic E-state index is 12.2. The maximum Gasteiger partial charge on any atom is 0.240 e. The van der Waals surface area contributed by atoms with Gasteiger partial charge in [0.25, 0.3) is 0 Å². The molecule has 4 heteroatoms. The van der Waals surface area contributed by atoms with Gasteiger partial charge in [0.05, 0.1) is 5.54 Å². The first kappa shape index (κ1) is 15.1. The molecule has 3 saturated carbocycles. The van der Waals surface area contributed by atoms with Crippen LogP contribution in [0.1, 0.15) is 64.2 Å². The lowest BCUT2D eigenvalue weighted by Gasteiger charge is -2.24. The van der Waals surface area contributed by atoms with Crippen LogP contribution in [-0.2, 0) is 4.79 Å². The molecule has 0 aromatic rings. The SMILES string of the molecule is Cl.NC1(C(=O)NC2CC2C2CCCCC2)CCCC1. The van der Waals surface area contributed by atoms with Crippen LogP contribution in [0.2, 0.25) is 0 Å². The van der Waals surface area contributed by atoms with Crippen LogP contribution in [-0.4, -0.2) is 17.5 Å². The molecule has 3 rings (SSSR count). The third kappa shape index (κ3) is 3.25. The van der Waals surface area contributed by atoms with Gasteiger partial charge in [-0.2, -0.15) is 0 Å². The molecule has 0 saturated heterocycles. The van der Waals surface area contributed by atoms with Crippen molar-refractivity contribution in [2.45, 2.75) is 75.8 Å². The molecular formula is C15H27ClN2O. The molecule has 110 valence electrons. The van der Waals surface area contributed by atoms with Crippen LogP contribution in [0.25, 0.3) is 0 Å². The van der Waals surface area contributed by atoms with Crippen LogP contribution in [0.5, 0.6) is 0 Å². The fraction of sp³-hybridized carbons (Fsp3) is 0.933. The highest BCUT2D eigenvalue weighted by Crippen LogP contribution is 2.44. The van der Waals surface area contributed by atoms with Gasteiger partial charge in [-0.05, 0) is 31.1 Å². The Morgan fingerprint density at radius 1 is 1.05 bits per heavy atom. The molecule has 0 aromatic carbocycles. The fourth-order valence-electron chi connectivity index (χ4n) is 4.01. The summed E-state index contributed by atoms with van der Waals surface area (Å²) in [6.45, 7) is 0. The Morgan fingerprint density at radius 3 is 2.32 bits per heavy atom. The van der Waals surface area contributed by atoms with Crippen molar-refractivity contribution >= 4 is 18.3 Å². The number of rotatable bonds is 3. The summed E-state index contributed by atoms with van der Waals surface area (Å²) in [6.07, 6.45) is 12.1. The molecule has 0 heterocycles. The molecule has 3 fully saturated rings. The maximum atomic E-state index is 12.2. The summed E-state index contributed by atoms with van der Waals surface area (Å²) in [4.78, 5) is 12.2. The number of carbonyl (C=O) groups is 1. The van der Waals surface area contributed by atoms with E-state index in [9.17, 15) is 4.79 Å². The second-order valence-corrected chi connectivity index (χ2v) is 6.74. The molecule has 3 N–H and O–H groups in total. The van der Waals surface area contributed by atoms with Gasteiger partial charge in [0.2, 0.25) is 5.91 Å². The molecule has 1 amide bonds. The zero-order chi connectivity index (χ0) is 12.6. The minimum absolute atomic E-state index is 0. The largest absolute Gasteiger partial charge is 0.351 e. The molecule has 3 aliphatic rings. The molecular weight excluding hydrogens is 260 g/mol. The highest BCUT2D eigenvalue weighted by molar-refractivity contribution is 5.86. The average Bonchev–Trinajstić information content (AvgIpc) is 3.01. The van der Waals surface area contributed by atoms with E-state index in [2.05, 4.69) is 5.32 Å². The standard InChI is InChI=1S/C15H26N2O.ClH/c16-15(8-4-5-9-15)14(18)17-13-10-12(13)11-6-2-1-3-7-11;/h11-13H,1-10,16H2,(H,17,18);1H. The number of hydrogen-bond donors (Lipinski definition) is 2. The van der Waals surface area contributed by atoms with E-state index < -0.39 is 5.54 Å². The first-order valence-electron chi connectivity index (χ1n) is 7.79. The molecule has 0 radical (unpaired) electrons. The van der Waals surface area contributed by atoms with Crippen molar-refractivity contribution in [2.75, 3.05) is 0 Å². The van der Waals surface area contributed by atoms with Crippen LogP contribution in [0.15, 0.2) is 0 Å². The summed E-state index contributed by atoms with van der Waals surface area (Å²) in [5.41, 5.74) is 5.65. The number of carbonyl (C=O) groups excluding carboxylic acids is 1. The molecule has 0 bridgehead atoms. The predicted octanol–water partition coefficient (Wildman–Crippen LogP) is 2.76. The Bertz CT molecular complexity index is 322. The average molecular weight is 287 g/mol. The van der Waals surface area contributed by atoms with Crippen molar-refractivity contribution in [2.24, 2.45) is 17.6 Å². The molecule has 0 aromatic heterocycles. The van der Waals surface area contributed by atoms with Gasteiger partial charge in [0.1, 0.15) is 0 Å². The van der Waals surface area contributed by atoms with Gasteiger partial charge >= 0.3 is 0 Å². The zero-order valence-electron chi connectivity index (χ0n) is 11.7. The quantitative estimate of drug-likeness (QED) is 0.838. The number of amides is 1. The van der Waals surface area contributed by atoms with Crippen LogP contribution >= 0.6 is 12.4 Å². The third-order valence-corrected chi connectivity index (χ3v) is 5.36. The summed E-state index contributed by atoms with van der Waals surface area (Å²) in [5, 5.41) is 3.22. The molecule has 3 aliphatic carbocycles. The lowest BCUT2D eigenvalue weighted by molar-refractivity contribution is -0.126. The van der Waals surface area contributed by atoms with Crippen LogP contribution < -0.4 is 11.1 Å². The van der Waals surface area contributed by atoms with Crippen molar-refractivity contribution in [3.63, 3.8) is 0 Å². The van der Waals surface area contributed by atoms with Gasteiger partial charge in [-0.15, -0.1) is 12.4 Å². The normalized spacial score (nSPS) is 33.5. The van der Waals surface area contributed by atoms with Crippen LogP contribution in [0, 0.1) is 11.8 Å². The summed E-state index contributed by atoms with van der Waals surface area (Å²) >= 11 is 0. The second kappa shape index (κ2) is 6.01. The number of halogens is 1. The Hall–Kier alpha value is -0.280. The molecule has 2 unspecified atom stereocenters.